The predicted octanol–water partition coefficient (Wildman–Crippen LogP) is 14.3. The van der Waals surface area contributed by atoms with Crippen LogP contribution in [0.15, 0.2) is 12.2 Å². The standard InChI is InChI=1S/C48H85N/c1-36-20-17-22-38(3)48(42-26-12-8-13-27-42)34-15-16-35-49-43(28-14-6-9-21-37(48)2)33-32-40-23-18-31-46(40)47(5,41-24-10-7-11-25-41)45-30-19-29-44(36)39(45)4/h32-33,36-46,49H,6-31,34-35H2,1-5H3. The number of nitrogens with one attached hydrogen (secondary N) is 1. The zero-order valence-electron chi connectivity index (χ0n) is 33.8. The topological polar surface area (TPSA) is 12.0 Å². The zero-order valence-corrected chi connectivity index (χ0v) is 33.8. The molecule has 4 aliphatic carbocycles. The van der Waals surface area contributed by atoms with E-state index in [0.29, 0.717) is 16.9 Å². The van der Waals surface area contributed by atoms with Gasteiger partial charge in [-0.05, 0) is 147 Å². The van der Waals surface area contributed by atoms with E-state index in [0.717, 1.165) is 59.2 Å². The third kappa shape index (κ3) is 8.59. The van der Waals surface area contributed by atoms with Gasteiger partial charge >= 0.3 is 0 Å². The van der Waals surface area contributed by atoms with Gasteiger partial charge in [-0.25, -0.2) is 0 Å². The molecule has 1 saturated heterocycles. The third-order valence-corrected chi connectivity index (χ3v) is 17.9. The van der Waals surface area contributed by atoms with Gasteiger partial charge in [0, 0.05) is 6.04 Å². The molecule has 4 saturated carbocycles. The highest BCUT2D eigenvalue weighted by Gasteiger charge is 2.53. The molecule has 1 heteroatoms. The Bertz CT molecular complexity index is 987. The van der Waals surface area contributed by atoms with E-state index >= 15 is 0 Å². The van der Waals surface area contributed by atoms with Crippen LogP contribution in [0.25, 0.3) is 0 Å². The fourth-order valence-electron chi connectivity index (χ4n) is 15.2. The molecule has 2 heterocycles. The molecule has 0 aromatic rings. The molecule has 0 aromatic carbocycles. The third-order valence-electron chi connectivity index (χ3n) is 17.9. The van der Waals surface area contributed by atoms with Crippen molar-refractivity contribution in [3.05, 3.63) is 12.2 Å². The fourth-order valence-corrected chi connectivity index (χ4v) is 15.2. The zero-order chi connectivity index (χ0) is 34.3. The summed E-state index contributed by atoms with van der Waals surface area (Å²) in [4.78, 5) is 0. The van der Waals surface area contributed by atoms with Crippen molar-refractivity contribution in [3.8, 4) is 0 Å². The lowest BCUT2D eigenvalue weighted by atomic mass is 9.49. The van der Waals surface area contributed by atoms with E-state index in [9.17, 15) is 0 Å². The lowest BCUT2D eigenvalue weighted by molar-refractivity contribution is -0.0704. The molecule has 0 spiro atoms. The first-order valence-corrected chi connectivity index (χ1v) is 23.3. The number of rotatable bonds is 2. The van der Waals surface area contributed by atoms with Crippen molar-refractivity contribution in [2.45, 2.75) is 214 Å². The van der Waals surface area contributed by atoms with Gasteiger partial charge in [0.1, 0.15) is 0 Å². The molecule has 282 valence electrons. The summed E-state index contributed by atoms with van der Waals surface area (Å²) in [5.41, 5.74) is 1.09. The quantitative estimate of drug-likeness (QED) is 0.287. The van der Waals surface area contributed by atoms with Crippen molar-refractivity contribution in [1.82, 2.24) is 5.32 Å². The second-order valence-corrected chi connectivity index (χ2v) is 20.2. The van der Waals surface area contributed by atoms with Crippen molar-refractivity contribution in [2.75, 3.05) is 6.54 Å². The summed E-state index contributed by atoms with van der Waals surface area (Å²) in [6.45, 7) is 15.2. The van der Waals surface area contributed by atoms with E-state index in [-0.39, 0.29) is 0 Å². The molecule has 0 radical (unpaired) electrons. The smallest absolute Gasteiger partial charge is 0.0250 e. The van der Waals surface area contributed by atoms with Crippen LogP contribution in [0.5, 0.6) is 0 Å². The van der Waals surface area contributed by atoms with Crippen molar-refractivity contribution in [1.29, 1.82) is 0 Å². The summed E-state index contributed by atoms with van der Waals surface area (Å²) in [7, 11) is 0. The largest absolute Gasteiger partial charge is 0.311 e. The molecule has 0 amide bonds. The molecular formula is C48H85N. The number of hydrogen-bond donors (Lipinski definition) is 1. The number of hydrogen-bond acceptors (Lipinski definition) is 1. The summed E-state index contributed by atoms with van der Waals surface area (Å²) in [6.07, 6.45) is 45.6. The first-order valence-electron chi connectivity index (χ1n) is 23.3. The van der Waals surface area contributed by atoms with E-state index in [1.807, 2.05) is 0 Å². The maximum absolute atomic E-state index is 4.17. The Morgan fingerprint density at radius 3 is 1.82 bits per heavy atom. The first-order chi connectivity index (χ1) is 23.9. The second kappa shape index (κ2) is 18.2. The lowest BCUT2D eigenvalue weighted by Gasteiger charge is -2.56. The Morgan fingerprint density at radius 1 is 0.490 bits per heavy atom. The van der Waals surface area contributed by atoms with E-state index in [1.165, 1.54) is 180 Å². The van der Waals surface area contributed by atoms with Crippen LogP contribution in [0.1, 0.15) is 208 Å². The second-order valence-electron chi connectivity index (χ2n) is 20.2. The van der Waals surface area contributed by atoms with Gasteiger partial charge in [0.25, 0.3) is 0 Å². The predicted molar refractivity (Wildman–Crippen MR) is 214 cm³/mol. The van der Waals surface area contributed by atoms with Crippen LogP contribution < -0.4 is 5.32 Å². The van der Waals surface area contributed by atoms with Gasteiger partial charge in [0.05, 0.1) is 0 Å². The van der Waals surface area contributed by atoms with Crippen LogP contribution in [0, 0.1) is 70.0 Å². The molecule has 11 atom stereocenters. The van der Waals surface area contributed by atoms with Gasteiger partial charge in [-0.15, -0.1) is 0 Å². The van der Waals surface area contributed by atoms with E-state index in [1.54, 1.807) is 0 Å². The Balaban J connectivity index is 1.33. The highest BCUT2D eigenvalue weighted by molar-refractivity contribution is 5.08. The van der Waals surface area contributed by atoms with Crippen molar-refractivity contribution in [2.24, 2.45) is 70.0 Å². The summed E-state index contributed by atoms with van der Waals surface area (Å²) < 4.78 is 0. The van der Waals surface area contributed by atoms with Gasteiger partial charge < -0.3 is 5.32 Å². The highest BCUT2D eigenvalue weighted by atomic mass is 14.9. The molecule has 2 aliphatic heterocycles. The minimum atomic E-state index is 0.524. The minimum Gasteiger partial charge on any atom is -0.311 e. The fraction of sp³-hybridized carbons (Fsp3) is 0.958. The maximum atomic E-state index is 4.17. The number of fused-ring (bicyclic) bond motifs is 9. The molecule has 5 fully saturated rings. The Kier molecular flexibility index (Phi) is 14.2. The normalized spacial score (nSPS) is 45.0. The average Bonchev–Trinajstić information content (AvgIpc) is 3.61. The van der Waals surface area contributed by atoms with Crippen LogP contribution in [0.4, 0.5) is 0 Å². The van der Waals surface area contributed by atoms with Crippen LogP contribution in [-0.2, 0) is 0 Å². The molecule has 1 nitrogen and oxygen atoms in total. The van der Waals surface area contributed by atoms with Crippen LogP contribution in [-0.4, -0.2) is 12.6 Å². The minimum absolute atomic E-state index is 0.524. The molecule has 11 unspecified atom stereocenters. The van der Waals surface area contributed by atoms with Crippen molar-refractivity contribution < 1.29 is 0 Å². The van der Waals surface area contributed by atoms with Gasteiger partial charge in [-0.3, -0.25) is 0 Å². The summed E-state index contributed by atoms with van der Waals surface area (Å²) in [6, 6.07) is 0.590. The first kappa shape index (κ1) is 38.4. The van der Waals surface area contributed by atoms with E-state index in [4.69, 9.17) is 0 Å². The molecule has 1 N–H and O–H groups in total. The lowest BCUT2D eigenvalue weighted by Crippen LogP contribution is -2.49. The molecule has 4 bridgehead atoms. The highest BCUT2D eigenvalue weighted by Crippen LogP contribution is 2.61. The van der Waals surface area contributed by atoms with Gasteiger partial charge in [0.2, 0.25) is 0 Å². The Labute approximate surface area is 307 Å². The van der Waals surface area contributed by atoms with Crippen molar-refractivity contribution in [3.63, 3.8) is 0 Å². The molecule has 6 rings (SSSR count). The molecule has 0 aromatic heterocycles. The summed E-state index contributed by atoms with van der Waals surface area (Å²) in [5, 5.41) is 4.17. The van der Waals surface area contributed by atoms with Crippen LogP contribution in [0.3, 0.4) is 0 Å². The maximum Gasteiger partial charge on any atom is 0.0250 e. The van der Waals surface area contributed by atoms with E-state index in [2.05, 4.69) is 52.1 Å². The monoisotopic (exact) mass is 676 g/mol. The average molecular weight is 676 g/mol. The van der Waals surface area contributed by atoms with Crippen LogP contribution in [0.2, 0.25) is 0 Å². The van der Waals surface area contributed by atoms with E-state index < -0.39 is 0 Å². The SMILES string of the molecule is CC1CCCC(C)C2(C3CCCCC3)CCCCNC(C=CC3CCCC3C(C)(C3CCCCC3)C3CCCC1C3C)CCCCCC2C. The molecule has 49 heavy (non-hydrogen) atoms. The Hall–Kier alpha value is -0.300. The van der Waals surface area contributed by atoms with Gasteiger partial charge in [-0.1, -0.05) is 150 Å². The molecule has 6 aliphatic rings. The van der Waals surface area contributed by atoms with Crippen molar-refractivity contribution >= 4 is 0 Å². The molecular weight excluding hydrogens is 591 g/mol. The van der Waals surface area contributed by atoms with Crippen LogP contribution >= 0.6 is 0 Å². The summed E-state index contributed by atoms with van der Waals surface area (Å²) >= 11 is 0. The number of allylic oxidation sites excluding steroid dienone is 1. The summed E-state index contributed by atoms with van der Waals surface area (Å²) in [5.74, 6) is 9.10. The van der Waals surface area contributed by atoms with Gasteiger partial charge in [0.15, 0.2) is 0 Å². The van der Waals surface area contributed by atoms with Gasteiger partial charge in [-0.2, -0.15) is 0 Å². The Morgan fingerprint density at radius 2 is 1.08 bits per heavy atom.